The van der Waals surface area contributed by atoms with E-state index in [1.54, 1.807) is 11.1 Å². The van der Waals surface area contributed by atoms with Crippen LogP contribution in [0.25, 0.3) is 10.9 Å². The van der Waals surface area contributed by atoms with Crippen molar-refractivity contribution in [3.05, 3.63) is 36.0 Å². The van der Waals surface area contributed by atoms with Crippen LogP contribution in [0, 0.1) is 0 Å². The number of benzene rings is 1. The van der Waals surface area contributed by atoms with Crippen molar-refractivity contribution >= 4 is 29.2 Å². The van der Waals surface area contributed by atoms with E-state index >= 15 is 0 Å². The summed E-state index contributed by atoms with van der Waals surface area (Å²) in [6, 6.07) is 7.29. The van der Waals surface area contributed by atoms with Crippen LogP contribution in [-0.2, 0) is 20.7 Å². The van der Waals surface area contributed by atoms with Gasteiger partial charge in [-0.25, -0.2) is 4.79 Å². The molecule has 1 aliphatic rings. The zero-order valence-electron chi connectivity index (χ0n) is 15.4. The van der Waals surface area contributed by atoms with Crippen molar-refractivity contribution in [3.63, 3.8) is 0 Å². The molecular weight excluding hydrogens is 332 g/mol. The van der Waals surface area contributed by atoms with Crippen LogP contribution in [0.15, 0.2) is 30.5 Å². The standard InChI is InChI=1S/C20H24N2O4/c1-20(2,3)26-19(25)22-12-14(16-6-4-5-7-17(16)22)10-11-21-15(13-23)8-9-18(21)24/h4-7,12-13,15H,8-11H2,1-3H3/t15-/m0/s1. The number of fused-ring (bicyclic) bond motifs is 1. The molecule has 0 spiro atoms. The average Bonchev–Trinajstić information content (AvgIpc) is 3.12. The number of nitrogens with zero attached hydrogens (tertiary/aromatic N) is 2. The summed E-state index contributed by atoms with van der Waals surface area (Å²) >= 11 is 0. The number of amides is 1. The Morgan fingerprint density at radius 2 is 2.04 bits per heavy atom. The first-order valence-corrected chi connectivity index (χ1v) is 8.87. The molecule has 138 valence electrons. The molecule has 1 saturated heterocycles. The van der Waals surface area contributed by atoms with Gasteiger partial charge in [0.05, 0.1) is 11.6 Å². The van der Waals surface area contributed by atoms with Crippen molar-refractivity contribution in [1.82, 2.24) is 9.47 Å². The summed E-state index contributed by atoms with van der Waals surface area (Å²) in [5.41, 5.74) is 1.15. The highest BCUT2D eigenvalue weighted by Gasteiger charge is 2.30. The highest BCUT2D eigenvalue weighted by molar-refractivity contribution is 5.92. The molecule has 1 aliphatic heterocycles. The molecule has 1 fully saturated rings. The Morgan fingerprint density at radius 1 is 1.31 bits per heavy atom. The third-order valence-corrected chi connectivity index (χ3v) is 4.54. The molecule has 1 atom stereocenters. The van der Waals surface area contributed by atoms with Crippen molar-refractivity contribution in [2.75, 3.05) is 6.54 Å². The Labute approximate surface area is 152 Å². The SMILES string of the molecule is CC(C)(C)OC(=O)n1cc(CCN2C(=O)CC[C@H]2C=O)c2ccccc21. The highest BCUT2D eigenvalue weighted by Crippen LogP contribution is 2.25. The van der Waals surface area contributed by atoms with Gasteiger partial charge in [-0.05, 0) is 45.2 Å². The molecule has 26 heavy (non-hydrogen) atoms. The van der Waals surface area contributed by atoms with Crippen LogP contribution in [0.1, 0.15) is 39.2 Å². The smallest absolute Gasteiger partial charge is 0.419 e. The zero-order valence-corrected chi connectivity index (χ0v) is 15.4. The van der Waals surface area contributed by atoms with Crippen LogP contribution < -0.4 is 0 Å². The molecule has 3 rings (SSSR count). The van der Waals surface area contributed by atoms with Crippen molar-refractivity contribution in [3.8, 4) is 0 Å². The Hall–Kier alpha value is -2.63. The van der Waals surface area contributed by atoms with Gasteiger partial charge in [0.15, 0.2) is 0 Å². The van der Waals surface area contributed by atoms with Gasteiger partial charge in [0.1, 0.15) is 11.9 Å². The number of rotatable bonds is 4. The number of carbonyl (C=O) groups is 3. The maximum atomic E-state index is 12.5. The van der Waals surface area contributed by atoms with Gasteiger partial charge >= 0.3 is 6.09 Å². The largest absolute Gasteiger partial charge is 0.443 e. The van der Waals surface area contributed by atoms with E-state index < -0.39 is 11.7 Å². The van der Waals surface area contributed by atoms with E-state index in [4.69, 9.17) is 4.74 Å². The summed E-state index contributed by atoms with van der Waals surface area (Å²) in [6.45, 7) is 5.95. The molecule has 6 heteroatoms. The van der Waals surface area contributed by atoms with E-state index in [0.717, 1.165) is 22.8 Å². The van der Waals surface area contributed by atoms with Crippen LogP contribution in [0.4, 0.5) is 4.79 Å². The first kappa shape index (κ1) is 18.2. The summed E-state index contributed by atoms with van der Waals surface area (Å²) in [7, 11) is 0. The Kier molecular flexibility index (Phi) is 4.85. The second kappa shape index (κ2) is 6.94. The van der Waals surface area contributed by atoms with Gasteiger partial charge in [-0.1, -0.05) is 18.2 Å². The highest BCUT2D eigenvalue weighted by atomic mass is 16.6. The summed E-state index contributed by atoms with van der Waals surface area (Å²) in [5, 5.41) is 0.952. The molecule has 1 amide bonds. The molecule has 0 saturated carbocycles. The van der Waals surface area contributed by atoms with Crippen LogP contribution in [-0.4, -0.2) is 45.9 Å². The van der Waals surface area contributed by atoms with Gasteiger partial charge in [0.2, 0.25) is 5.91 Å². The number of para-hydroxylation sites is 1. The van der Waals surface area contributed by atoms with Crippen molar-refractivity contribution in [2.24, 2.45) is 0 Å². The number of ether oxygens (including phenoxy) is 1. The lowest BCUT2D eigenvalue weighted by Gasteiger charge is -2.20. The molecule has 0 radical (unpaired) electrons. The number of hydrogen-bond acceptors (Lipinski definition) is 4. The molecule has 0 bridgehead atoms. The van der Waals surface area contributed by atoms with E-state index in [1.807, 2.05) is 45.0 Å². The van der Waals surface area contributed by atoms with Gasteiger partial charge in [0, 0.05) is 24.5 Å². The Morgan fingerprint density at radius 3 is 2.73 bits per heavy atom. The van der Waals surface area contributed by atoms with Crippen molar-refractivity contribution < 1.29 is 19.1 Å². The summed E-state index contributed by atoms with van der Waals surface area (Å²) < 4.78 is 7.00. The predicted molar refractivity (Wildman–Crippen MR) is 98.1 cm³/mol. The third kappa shape index (κ3) is 3.64. The molecule has 0 unspecified atom stereocenters. The molecule has 2 aromatic rings. The molecule has 0 aliphatic carbocycles. The van der Waals surface area contributed by atoms with E-state index in [2.05, 4.69) is 0 Å². The fourth-order valence-electron chi connectivity index (χ4n) is 3.34. The van der Waals surface area contributed by atoms with E-state index in [-0.39, 0.29) is 11.9 Å². The molecule has 1 aromatic heterocycles. The lowest BCUT2D eigenvalue weighted by molar-refractivity contribution is -0.131. The minimum absolute atomic E-state index is 0.0120. The summed E-state index contributed by atoms with van der Waals surface area (Å²) in [5.74, 6) is 0.0120. The van der Waals surface area contributed by atoms with Crippen LogP contribution in [0.3, 0.4) is 0 Å². The van der Waals surface area contributed by atoms with E-state index in [1.165, 1.54) is 4.57 Å². The number of hydrogen-bond donors (Lipinski definition) is 0. The normalized spacial score (nSPS) is 17.7. The number of aldehydes is 1. The zero-order chi connectivity index (χ0) is 18.9. The van der Waals surface area contributed by atoms with Crippen LogP contribution in [0.5, 0.6) is 0 Å². The van der Waals surface area contributed by atoms with E-state index in [9.17, 15) is 14.4 Å². The van der Waals surface area contributed by atoms with E-state index in [0.29, 0.717) is 25.8 Å². The fraction of sp³-hybridized carbons (Fsp3) is 0.450. The second-order valence-corrected chi connectivity index (χ2v) is 7.60. The quantitative estimate of drug-likeness (QED) is 0.789. The first-order valence-electron chi connectivity index (χ1n) is 8.87. The van der Waals surface area contributed by atoms with Gasteiger partial charge in [-0.15, -0.1) is 0 Å². The van der Waals surface area contributed by atoms with Crippen LogP contribution >= 0.6 is 0 Å². The van der Waals surface area contributed by atoms with Gasteiger partial charge < -0.3 is 14.4 Å². The molecule has 2 heterocycles. The number of likely N-dealkylation sites (tertiary alicyclic amines) is 1. The average molecular weight is 356 g/mol. The molecule has 6 nitrogen and oxygen atoms in total. The lowest BCUT2D eigenvalue weighted by Crippen LogP contribution is -2.35. The Balaban J connectivity index is 1.86. The molecule has 1 aromatic carbocycles. The maximum absolute atomic E-state index is 12.5. The minimum atomic E-state index is -0.582. The summed E-state index contributed by atoms with van der Waals surface area (Å²) in [6.07, 6.45) is 3.77. The summed E-state index contributed by atoms with van der Waals surface area (Å²) in [4.78, 5) is 37.3. The minimum Gasteiger partial charge on any atom is -0.443 e. The first-order chi connectivity index (χ1) is 12.3. The topological polar surface area (TPSA) is 68.6 Å². The maximum Gasteiger partial charge on any atom is 0.419 e. The number of carbonyl (C=O) groups excluding carboxylic acids is 3. The predicted octanol–water partition coefficient (Wildman–Crippen LogP) is 3.16. The van der Waals surface area contributed by atoms with Crippen LogP contribution in [0.2, 0.25) is 0 Å². The second-order valence-electron chi connectivity index (χ2n) is 7.60. The molecular formula is C20H24N2O4. The van der Waals surface area contributed by atoms with Gasteiger partial charge in [-0.3, -0.25) is 9.36 Å². The van der Waals surface area contributed by atoms with Gasteiger partial charge in [0.25, 0.3) is 0 Å². The third-order valence-electron chi connectivity index (χ3n) is 4.54. The lowest BCUT2D eigenvalue weighted by atomic mass is 10.1. The molecule has 0 N–H and O–H groups in total. The fourth-order valence-corrected chi connectivity index (χ4v) is 3.34. The monoisotopic (exact) mass is 356 g/mol. The number of aromatic nitrogens is 1. The van der Waals surface area contributed by atoms with Crippen molar-refractivity contribution in [1.29, 1.82) is 0 Å². The van der Waals surface area contributed by atoms with Crippen molar-refractivity contribution in [2.45, 2.75) is 51.7 Å². The Bertz CT molecular complexity index is 847. The van der Waals surface area contributed by atoms with Gasteiger partial charge in [-0.2, -0.15) is 0 Å².